The van der Waals surface area contributed by atoms with Crippen molar-refractivity contribution in [3.8, 4) is 23.0 Å². The van der Waals surface area contributed by atoms with E-state index in [0.717, 1.165) is 5.56 Å². The van der Waals surface area contributed by atoms with Crippen LogP contribution in [0.25, 0.3) is 0 Å². The lowest BCUT2D eigenvalue weighted by Crippen LogP contribution is -2.03. The molecule has 5 heteroatoms. The molecule has 0 fully saturated rings. The van der Waals surface area contributed by atoms with E-state index in [1.54, 1.807) is 0 Å². The molecule has 1 aliphatic rings. The van der Waals surface area contributed by atoms with Crippen LogP contribution in [0.1, 0.15) is 22.8 Å². The van der Waals surface area contributed by atoms with Crippen LogP contribution in [0.4, 0.5) is 0 Å². The van der Waals surface area contributed by atoms with Crippen LogP contribution in [0, 0.1) is 0 Å². The highest BCUT2D eigenvalue weighted by Crippen LogP contribution is 2.50. The Bertz CT molecular complexity index is 479. The first-order valence-electron chi connectivity index (χ1n) is 5.25. The third-order valence-corrected chi connectivity index (χ3v) is 2.79. The highest BCUT2D eigenvalue weighted by Gasteiger charge is 2.31. The third kappa shape index (κ3) is 1.58. The summed E-state index contributed by atoms with van der Waals surface area (Å²) in [5.41, 5.74) is 0.918. The maximum absolute atomic E-state index is 11.6. The average molecular weight is 238 g/mol. The quantitative estimate of drug-likeness (QED) is 0.809. The lowest BCUT2D eigenvalue weighted by molar-refractivity contribution is 0.101. The van der Waals surface area contributed by atoms with Crippen molar-refractivity contribution in [1.82, 2.24) is 0 Å². The van der Waals surface area contributed by atoms with E-state index >= 15 is 0 Å². The number of carbonyl (C=O) groups excluding carboxylic acids is 1. The molecule has 1 heterocycles. The molecule has 1 N–H and O–H groups in total. The number of ether oxygens (including phenoxy) is 3. The molecule has 0 bridgehead atoms. The van der Waals surface area contributed by atoms with Crippen LogP contribution in [0.2, 0.25) is 0 Å². The molecule has 2 rings (SSSR count). The molecular weight excluding hydrogens is 224 g/mol. The normalized spacial score (nSPS) is 12.9. The molecule has 0 saturated carbocycles. The predicted molar refractivity (Wildman–Crippen MR) is 60.4 cm³/mol. The second-order valence-corrected chi connectivity index (χ2v) is 3.75. The smallest absolute Gasteiger partial charge is 0.204 e. The summed E-state index contributed by atoms with van der Waals surface area (Å²) < 4.78 is 15.7. The number of phenolic OH excluding ortho intramolecular Hbond substituents is 1. The van der Waals surface area contributed by atoms with Crippen molar-refractivity contribution >= 4 is 5.78 Å². The molecule has 1 aromatic rings. The van der Waals surface area contributed by atoms with Gasteiger partial charge < -0.3 is 19.3 Å². The van der Waals surface area contributed by atoms with Gasteiger partial charge in [0, 0.05) is 12.0 Å². The highest BCUT2D eigenvalue weighted by molar-refractivity contribution is 6.01. The van der Waals surface area contributed by atoms with E-state index in [1.807, 2.05) is 0 Å². The summed E-state index contributed by atoms with van der Waals surface area (Å²) in [5, 5.41) is 10.0. The maximum Gasteiger partial charge on any atom is 0.204 e. The number of hydrogen-bond acceptors (Lipinski definition) is 5. The Morgan fingerprint density at radius 1 is 1.29 bits per heavy atom. The van der Waals surface area contributed by atoms with Crippen LogP contribution < -0.4 is 14.2 Å². The molecule has 17 heavy (non-hydrogen) atoms. The number of rotatable bonds is 3. The standard InChI is InChI=1S/C12H14O5/c1-6(13)8-9(14)12(16-3)11-7(4-5-17-11)10(8)15-2/h14H,4-5H2,1-3H3. The number of carbonyl (C=O) groups is 1. The Hall–Kier alpha value is -1.91. The number of ketones is 1. The zero-order valence-electron chi connectivity index (χ0n) is 9.99. The number of aromatic hydroxyl groups is 1. The summed E-state index contributed by atoms with van der Waals surface area (Å²) in [6.07, 6.45) is 0.634. The minimum absolute atomic E-state index is 0.147. The second-order valence-electron chi connectivity index (χ2n) is 3.75. The van der Waals surface area contributed by atoms with Crippen LogP contribution in [0.15, 0.2) is 0 Å². The fraction of sp³-hybridized carbons (Fsp3) is 0.417. The zero-order valence-corrected chi connectivity index (χ0v) is 9.99. The number of benzene rings is 1. The van der Waals surface area contributed by atoms with Gasteiger partial charge in [0.05, 0.1) is 20.8 Å². The van der Waals surface area contributed by atoms with Gasteiger partial charge in [-0.05, 0) is 6.92 Å². The first-order chi connectivity index (χ1) is 8.11. The highest BCUT2D eigenvalue weighted by atomic mass is 16.5. The lowest BCUT2D eigenvalue weighted by Gasteiger charge is -2.16. The Kier molecular flexibility index (Phi) is 2.83. The van der Waals surface area contributed by atoms with Crippen molar-refractivity contribution < 1.29 is 24.1 Å². The minimum atomic E-state index is -0.271. The molecule has 0 amide bonds. The van der Waals surface area contributed by atoms with E-state index in [1.165, 1.54) is 21.1 Å². The SMILES string of the molecule is COc1c(O)c(C(C)=O)c(OC)c2c1OCC2. The van der Waals surface area contributed by atoms with E-state index < -0.39 is 0 Å². The first kappa shape index (κ1) is 11.6. The zero-order chi connectivity index (χ0) is 12.6. The van der Waals surface area contributed by atoms with Gasteiger partial charge in [0.25, 0.3) is 0 Å². The fourth-order valence-corrected chi connectivity index (χ4v) is 2.10. The van der Waals surface area contributed by atoms with Gasteiger partial charge in [-0.3, -0.25) is 4.79 Å². The van der Waals surface area contributed by atoms with Gasteiger partial charge in [-0.15, -0.1) is 0 Å². The molecule has 0 radical (unpaired) electrons. The topological polar surface area (TPSA) is 65.0 Å². The van der Waals surface area contributed by atoms with Crippen LogP contribution in [0.3, 0.4) is 0 Å². The number of phenols is 1. The summed E-state index contributed by atoms with van der Waals surface area (Å²) in [6, 6.07) is 0. The van der Waals surface area contributed by atoms with Gasteiger partial charge in [-0.25, -0.2) is 0 Å². The summed E-state index contributed by atoms with van der Waals surface area (Å²) in [6.45, 7) is 1.86. The van der Waals surface area contributed by atoms with Gasteiger partial charge in [0.15, 0.2) is 17.3 Å². The molecule has 1 aromatic carbocycles. The van der Waals surface area contributed by atoms with Crippen LogP contribution >= 0.6 is 0 Å². The van der Waals surface area contributed by atoms with Crippen LogP contribution in [-0.2, 0) is 6.42 Å². The summed E-state index contributed by atoms with van der Waals surface area (Å²) in [7, 11) is 2.89. The molecular formula is C12H14O5. The molecule has 92 valence electrons. The van der Waals surface area contributed by atoms with E-state index in [-0.39, 0.29) is 22.8 Å². The van der Waals surface area contributed by atoms with Crippen LogP contribution in [-0.4, -0.2) is 31.7 Å². The van der Waals surface area contributed by atoms with Crippen molar-refractivity contribution in [2.75, 3.05) is 20.8 Å². The van der Waals surface area contributed by atoms with Crippen molar-refractivity contribution in [3.63, 3.8) is 0 Å². The molecule has 0 spiro atoms. The van der Waals surface area contributed by atoms with Gasteiger partial charge in [0.1, 0.15) is 11.3 Å². The van der Waals surface area contributed by atoms with Crippen molar-refractivity contribution in [1.29, 1.82) is 0 Å². The van der Waals surface area contributed by atoms with Gasteiger partial charge in [0.2, 0.25) is 5.75 Å². The second kappa shape index (κ2) is 4.16. The summed E-state index contributed by atoms with van der Waals surface area (Å²) in [5.74, 6) is 0.545. The maximum atomic E-state index is 11.6. The molecule has 0 aliphatic carbocycles. The van der Waals surface area contributed by atoms with Gasteiger partial charge >= 0.3 is 0 Å². The van der Waals surface area contributed by atoms with Crippen molar-refractivity contribution in [2.24, 2.45) is 0 Å². The van der Waals surface area contributed by atoms with E-state index in [9.17, 15) is 9.90 Å². The van der Waals surface area contributed by atoms with Crippen molar-refractivity contribution in [2.45, 2.75) is 13.3 Å². The average Bonchev–Trinajstić information content (AvgIpc) is 2.75. The first-order valence-corrected chi connectivity index (χ1v) is 5.25. The van der Waals surface area contributed by atoms with E-state index in [4.69, 9.17) is 14.2 Å². The molecule has 0 atom stereocenters. The van der Waals surface area contributed by atoms with Crippen molar-refractivity contribution in [3.05, 3.63) is 11.1 Å². The molecule has 0 aromatic heterocycles. The van der Waals surface area contributed by atoms with Gasteiger partial charge in [-0.1, -0.05) is 0 Å². The summed E-state index contributed by atoms with van der Waals surface area (Å²) >= 11 is 0. The molecule has 0 unspecified atom stereocenters. The molecule has 0 saturated heterocycles. The largest absolute Gasteiger partial charge is 0.504 e. The lowest BCUT2D eigenvalue weighted by atomic mass is 10.0. The Morgan fingerprint density at radius 2 is 1.94 bits per heavy atom. The Labute approximate surface area is 98.9 Å². The molecule has 1 aliphatic heterocycles. The van der Waals surface area contributed by atoms with E-state index in [2.05, 4.69) is 0 Å². The Balaban J connectivity index is 2.80. The van der Waals surface area contributed by atoms with Crippen LogP contribution in [0.5, 0.6) is 23.0 Å². The fourth-order valence-electron chi connectivity index (χ4n) is 2.10. The number of methoxy groups -OCH3 is 2. The van der Waals surface area contributed by atoms with E-state index in [0.29, 0.717) is 24.5 Å². The summed E-state index contributed by atoms with van der Waals surface area (Å²) in [4.78, 5) is 11.6. The van der Waals surface area contributed by atoms with Gasteiger partial charge in [-0.2, -0.15) is 0 Å². The number of fused-ring (bicyclic) bond motifs is 1. The monoisotopic (exact) mass is 238 g/mol. The molecule has 5 nitrogen and oxygen atoms in total. The minimum Gasteiger partial charge on any atom is -0.504 e. The Morgan fingerprint density at radius 3 is 2.47 bits per heavy atom. The third-order valence-electron chi connectivity index (χ3n) is 2.79. The number of hydrogen-bond donors (Lipinski definition) is 1. The number of Topliss-reactive ketones (excluding diaryl/α,β-unsaturated/α-hetero) is 1. The predicted octanol–water partition coefficient (Wildman–Crippen LogP) is 1.55.